The van der Waals surface area contributed by atoms with Crippen LogP contribution in [-0.2, 0) is 28.6 Å². The van der Waals surface area contributed by atoms with Gasteiger partial charge in [-0.2, -0.15) is 0 Å². The minimum absolute atomic E-state index is 0.110. The molecular weight excluding hydrogens is 733 g/mol. The maximum atomic E-state index is 12.7. The highest BCUT2D eigenvalue weighted by Gasteiger charge is 2.19. The molecule has 0 aliphatic heterocycles. The van der Waals surface area contributed by atoms with E-state index in [2.05, 4.69) is 81.5 Å². The maximum absolute atomic E-state index is 12.7. The van der Waals surface area contributed by atoms with Crippen LogP contribution in [0.15, 0.2) is 72.9 Å². The number of carbonyl (C=O) groups is 3. The smallest absolute Gasteiger partial charge is 0.309 e. The lowest BCUT2D eigenvalue weighted by Gasteiger charge is -2.18. The van der Waals surface area contributed by atoms with Gasteiger partial charge in [-0.05, 0) is 83.5 Å². The second-order valence-electron chi connectivity index (χ2n) is 16.0. The molecule has 1 unspecified atom stereocenters. The van der Waals surface area contributed by atoms with E-state index in [4.69, 9.17) is 14.2 Å². The molecule has 0 aliphatic carbocycles. The summed E-state index contributed by atoms with van der Waals surface area (Å²) in [5, 5.41) is 0. The van der Waals surface area contributed by atoms with Crippen LogP contribution in [0.3, 0.4) is 0 Å². The van der Waals surface area contributed by atoms with Crippen molar-refractivity contribution >= 4 is 17.9 Å². The summed E-state index contributed by atoms with van der Waals surface area (Å²) in [5.74, 6) is -1.06. The average molecular weight is 823 g/mol. The zero-order chi connectivity index (χ0) is 43.0. The van der Waals surface area contributed by atoms with Crippen molar-refractivity contribution < 1.29 is 28.6 Å². The Kier molecular flexibility index (Phi) is 45.0. The molecule has 0 spiro atoms. The first-order valence-electron chi connectivity index (χ1n) is 24.4. The molecular formula is C53H90O6. The Morgan fingerprint density at radius 2 is 0.729 bits per heavy atom. The van der Waals surface area contributed by atoms with Gasteiger partial charge in [-0.15, -0.1) is 0 Å². The Hall–Kier alpha value is -3.15. The molecule has 0 N–H and O–H groups in total. The van der Waals surface area contributed by atoms with Crippen LogP contribution in [0.1, 0.15) is 226 Å². The van der Waals surface area contributed by atoms with Gasteiger partial charge in [-0.1, -0.05) is 196 Å². The van der Waals surface area contributed by atoms with Crippen molar-refractivity contribution in [3.05, 3.63) is 72.9 Å². The fourth-order valence-corrected chi connectivity index (χ4v) is 6.59. The fraction of sp³-hybridized carbons (Fsp3) is 0.717. The Labute approximate surface area is 363 Å². The molecule has 1 atom stereocenters. The van der Waals surface area contributed by atoms with Crippen molar-refractivity contribution in [1.82, 2.24) is 0 Å². The number of ether oxygens (including phenoxy) is 3. The van der Waals surface area contributed by atoms with Crippen LogP contribution in [0.25, 0.3) is 0 Å². The van der Waals surface area contributed by atoms with Crippen molar-refractivity contribution in [2.24, 2.45) is 0 Å². The average Bonchev–Trinajstić information content (AvgIpc) is 3.23. The SMILES string of the molecule is CC/C=C\C/C=C\C/C=C\CC(=O)OCC(COC(=O)CCCCCCC/C=C\CCCCCCCCCCC)OC(=O)CCCCCCCCC/C=C\C/C=C\CC. The number of hydrogen-bond acceptors (Lipinski definition) is 6. The summed E-state index contributed by atoms with van der Waals surface area (Å²) >= 11 is 0. The van der Waals surface area contributed by atoms with Gasteiger partial charge in [0, 0.05) is 12.8 Å². The van der Waals surface area contributed by atoms with Crippen LogP contribution < -0.4 is 0 Å². The summed E-state index contributed by atoms with van der Waals surface area (Å²) in [7, 11) is 0. The molecule has 0 bridgehead atoms. The Morgan fingerprint density at radius 1 is 0.373 bits per heavy atom. The van der Waals surface area contributed by atoms with Gasteiger partial charge in [0.25, 0.3) is 0 Å². The van der Waals surface area contributed by atoms with Crippen LogP contribution in [0.5, 0.6) is 0 Å². The maximum Gasteiger partial charge on any atom is 0.309 e. The lowest BCUT2D eigenvalue weighted by molar-refractivity contribution is -0.166. The number of unbranched alkanes of at least 4 members (excludes halogenated alkanes) is 21. The molecule has 0 aliphatic rings. The van der Waals surface area contributed by atoms with Gasteiger partial charge in [0.05, 0.1) is 6.42 Å². The number of rotatable bonds is 43. The van der Waals surface area contributed by atoms with Gasteiger partial charge in [0.15, 0.2) is 6.10 Å². The van der Waals surface area contributed by atoms with Crippen molar-refractivity contribution in [2.45, 2.75) is 232 Å². The minimum Gasteiger partial charge on any atom is -0.462 e. The molecule has 338 valence electrons. The van der Waals surface area contributed by atoms with Crippen molar-refractivity contribution in [2.75, 3.05) is 13.2 Å². The van der Waals surface area contributed by atoms with Gasteiger partial charge < -0.3 is 14.2 Å². The molecule has 0 rings (SSSR count). The first-order valence-corrected chi connectivity index (χ1v) is 24.4. The van der Waals surface area contributed by atoms with Gasteiger partial charge >= 0.3 is 17.9 Å². The summed E-state index contributed by atoms with van der Waals surface area (Å²) in [5.41, 5.74) is 0. The summed E-state index contributed by atoms with van der Waals surface area (Å²) in [6.45, 7) is 6.30. The third-order valence-corrected chi connectivity index (χ3v) is 10.2. The molecule has 0 fully saturated rings. The van der Waals surface area contributed by atoms with Gasteiger partial charge in [-0.25, -0.2) is 0 Å². The standard InChI is InChI=1S/C53H90O6/c1-4-7-10-13-16-19-21-23-25-26-27-28-30-31-34-37-40-43-46-52(55)58-49-50(48-57-51(54)45-42-39-36-33-18-15-12-9-6-3)59-53(56)47-44-41-38-35-32-29-24-22-20-17-14-11-8-5-2/h8-9,11-12,17-18,20,27-28,33,39,42,50H,4-7,10,13-16,19,21-26,29-32,34-38,40-41,43-49H2,1-3H3/b11-8-,12-9-,20-17-,28-27-,33-18-,42-39-. The monoisotopic (exact) mass is 823 g/mol. The quantitative estimate of drug-likeness (QED) is 0.0264. The van der Waals surface area contributed by atoms with Crippen molar-refractivity contribution in [1.29, 1.82) is 0 Å². The van der Waals surface area contributed by atoms with E-state index in [-0.39, 0.29) is 31.6 Å². The molecule has 6 heteroatoms. The zero-order valence-corrected chi connectivity index (χ0v) is 38.5. The summed E-state index contributed by atoms with van der Waals surface area (Å²) in [6, 6.07) is 0. The van der Waals surface area contributed by atoms with Crippen LogP contribution in [-0.4, -0.2) is 37.2 Å². The number of allylic oxidation sites excluding steroid dienone is 11. The number of hydrogen-bond donors (Lipinski definition) is 0. The van der Waals surface area contributed by atoms with E-state index in [0.717, 1.165) is 83.5 Å². The Balaban J connectivity index is 4.38. The fourth-order valence-electron chi connectivity index (χ4n) is 6.59. The summed E-state index contributed by atoms with van der Waals surface area (Å²) in [6.07, 6.45) is 59.3. The molecule has 0 heterocycles. The highest BCUT2D eigenvalue weighted by Crippen LogP contribution is 2.14. The predicted octanol–water partition coefficient (Wildman–Crippen LogP) is 15.9. The lowest BCUT2D eigenvalue weighted by Crippen LogP contribution is -2.30. The number of carbonyl (C=O) groups excluding carboxylic acids is 3. The Bertz CT molecular complexity index is 1130. The molecule has 6 nitrogen and oxygen atoms in total. The van der Waals surface area contributed by atoms with E-state index in [9.17, 15) is 14.4 Å². The van der Waals surface area contributed by atoms with Crippen LogP contribution >= 0.6 is 0 Å². The van der Waals surface area contributed by atoms with Crippen LogP contribution in [0, 0.1) is 0 Å². The third-order valence-electron chi connectivity index (χ3n) is 10.2. The molecule has 0 aromatic heterocycles. The first-order chi connectivity index (χ1) is 29.0. The summed E-state index contributed by atoms with van der Waals surface area (Å²) < 4.78 is 16.6. The lowest BCUT2D eigenvalue weighted by atomic mass is 10.1. The first kappa shape index (κ1) is 55.9. The minimum atomic E-state index is -0.816. The largest absolute Gasteiger partial charge is 0.462 e. The second-order valence-corrected chi connectivity index (χ2v) is 16.0. The van der Waals surface area contributed by atoms with E-state index in [1.807, 2.05) is 6.08 Å². The highest BCUT2D eigenvalue weighted by molar-refractivity contribution is 5.72. The van der Waals surface area contributed by atoms with E-state index in [1.165, 1.54) is 103 Å². The Morgan fingerprint density at radius 3 is 1.20 bits per heavy atom. The number of esters is 3. The van der Waals surface area contributed by atoms with E-state index in [1.54, 1.807) is 6.08 Å². The van der Waals surface area contributed by atoms with Crippen LogP contribution in [0.2, 0.25) is 0 Å². The zero-order valence-electron chi connectivity index (χ0n) is 38.5. The second kappa shape index (κ2) is 47.5. The summed E-state index contributed by atoms with van der Waals surface area (Å²) in [4.78, 5) is 37.7. The van der Waals surface area contributed by atoms with Gasteiger partial charge in [0.2, 0.25) is 0 Å². The molecule has 0 aromatic carbocycles. The molecule has 0 saturated heterocycles. The highest BCUT2D eigenvalue weighted by atomic mass is 16.6. The van der Waals surface area contributed by atoms with E-state index < -0.39 is 12.1 Å². The van der Waals surface area contributed by atoms with Crippen LogP contribution in [0.4, 0.5) is 0 Å². The third kappa shape index (κ3) is 45.8. The van der Waals surface area contributed by atoms with E-state index >= 15 is 0 Å². The topological polar surface area (TPSA) is 78.9 Å². The van der Waals surface area contributed by atoms with Crippen molar-refractivity contribution in [3.63, 3.8) is 0 Å². The van der Waals surface area contributed by atoms with Gasteiger partial charge in [-0.3, -0.25) is 14.4 Å². The van der Waals surface area contributed by atoms with E-state index in [0.29, 0.717) is 12.8 Å². The predicted molar refractivity (Wildman–Crippen MR) is 251 cm³/mol. The molecule has 0 saturated carbocycles. The van der Waals surface area contributed by atoms with Gasteiger partial charge in [0.1, 0.15) is 13.2 Å². The normalized spacial score (nSPS) is 12.7. The molecule has 0 amide bonds. The molecule has 0 aromatic rings. The molecule has 0 radical (unpaired) electrons. The van der Waals surface area contributed by atoms with Crippen molar-refractivity contribution in [3.8, 4) is 0 Å². The molecule has 59 heavy (non-hydrogen) atoms.